The number of rotatable bonds is 11. The predicted molar refractivity (Wildman–Crippen MR) is 122 cm³/mol. The summed E-state index contributed by atoms with van der Waals surface area (Å²) in [6.45, 7) is 5.50. The van der Waals surface area contributed by atoms with Gasteiger partial charge in [0.2, 0.25) is 6.54 Å². The normalized spacial score (nSPS) is 11.6. The number of hydrogen-bond acceptors (Lipinski definition) is 8. The Morgan fingerprint density at radius 2 is 1.91 bits per heavy atom. The van der Waals surface area contributed by atoms with Gasteiger partial charge >= 0.3 is 0 Å². The Morgan fingerprint density at radius 3 is 2.53 bits per heavy atom. The topological polar surface area (TPSA) is 102 Å². The Labute approximate surface area is 190 Å². The summed E-state index contributed by atoms with van der Waals surface area (Å²) in [5.74, 6) is 2.43. The highest BCUT2D eigenvalue weighted by molar-refractivity contribution is 7.99. The van der Waals surface area contributed by atoms with Gasteiger partial charge < -0.3 is 14.2 Å². The fourth-order valence-electron chi connectivity index (χ4n) is 3.07. The molecule has 2 aromatic carbocycles. The molecule has 1 heterocycles. The zero-order valence-electron chi connectivity index (χ0n) is 18.1. The summed E-state index contributed by atoms with van der Waals surface area (Å²) < 4.78 is 18.1. The van der Waals surface area contributed by atoms with Crippen molar-refractivity contribution in [3.05, 3.63) is 76.6 Å². The van der Waals surface area contributed by atoms with E-state index in [1.165, 1.54) is 18.9 Å². The molecule has 0 bridgehead atoms. The maximum Gasteiger partial charge on any atom is 0.220 e. The average Bonchev–Trinajstić information content (AvgIpc) is 3.16. The highest BCUT2D eigenvalue weighted by Crippen LogP contribution is 2.39. The van der Waals surface area contributed by atoms with E-state index in [-0.39, 0.29) is 11.5 Å². The molecule has 0 radical (unpaired) electrons. The lowest BCUT2D eigenvalue weighted by molar-refractivity contribution is -0.479. The van der Waals surface area contributed by atoms with E-state index in [2.05, 4.69) is 16.8 Å². The Morgan fingerprint density at radius 1 is 1.16 bits per heavy atom. The van der Waals surface area contributed by atoms with E-state index in [4.69, 9.17) is 14.2 Å². The van der Waals surface area contributed by atoms with Gasteiger partial charge in [0, 0.05) is 10.6 Å². The second kappa shape index (κ2) is 10.7. The van der Waals surface area contributed by atoms with Crippen LogP contribution in [-0.2, 0) is 0 Å². The number of aromatic nitrogens is 3. The van der Waals surface area contributed by atoms with Crippen molar-refractivity contribution in [3.63, 3.8) is 0 Å². The minimum Gasteiger partial charge on any atom is -0.497 e. The molecule has 3 rings (SSSR count). The van der Waals surface area contributed by atoms with Crippen LogP contribution in [-0.4, -0.2) is 47.1 Å². The molecule has 0 amide bonds. The quantitative estimate of drug-likeness (QED) is 0.182. The smallest absolute Gasteiger partial charge is 0.220 e. The lowest BCUT2D eigenvalue weighted by Gasteiger charge is -2.16. The van der Waals surface area contributed by atoms with Gasteiger partial charge in [-0.05, 0) is 48.9 Å². The number of aryl methyl sites for hydroxylation is 1. The molecule has 3 aromatic rings. The third-order valence-electron chi connectivity index (χ3n) is 4.60. The van der Waals surface area contributed by atoms with E-state index in [0.717, 1.165) is 17.0 Å². The van der Waals surface area contributed by atoms with Crippen LogP contribution in [0.5, 0.6) is 17.2 Å². The van der Waals surface area contributed by atoms with E-state index in [9.17, 15) is 10.1 Å². The summed E-state index contributed by atoms with van der Waals surface area (Å²) in [7, 11) is 3.13. The fourth-order valence-corrected chi connectivity index (χ4v) is 4.24. The van der Waals surface area contributed by atoms with Crippen LogP contribution in [0.2, 0.25) is 0 Å². The highest BCUT2D eigenvalue weighted by Gasteiger charge is 2.25. The molecule has 0 fully saturated rings. The van der Waals surface area contributed by atoms with E-state index < -0.39 is 5.25 Å². The number of benzene rings is 2. The molecule has 10 heteroatoms. The molecule has 0 saturated heterocycles. The molecule has 0 unspecified atom stereocenters. The molecule has 168 valence electrons. The van der Waals surface area contributed by atoms with Crippen molar-refractivity contribution >= 4 is 11.8 Å². The minimum absolute atomic E-state index is 0.296. The highest BCUT2D eigenvalue weighted by atomic mass is 32.2. The van der Waals surface area contributed by atoms with Gasteiger partial charge in [-0.15, -0.1) is 10.2 Å². The number of nitro groups is 1. The summed E-state index contributed by atoms with van der Waals surface area (Å²) in [6, 6.07) is 12.7. The summed E-state index contributed by atoms with van der Waals surface area (Å²) >= 11 is 1.27. The van der Waals surface area contributed by atoms with Gasteiger partial charge in [0.15, 0.2) is 16.7 Å². The average molecular weight is 457 g/mol. The fraction of sp³-hybridized carbons (Fsp3) is 0.273. The van der Waals surface area contributed by atoms with Crippen molar-refractivity contribution in [1.29, 1.82) is 0 Å². The third-order valence-corrected chi connectivity index (χ3v) is 5.79. The van der Waals surface area contributed by atoms with Gasteiger partial charge in [-0.3, -0.25) is 14.7 Å². The number of thioether (sulfide) groups is 1. The van der Waals surface area contributed by atoms with Crippen molar-refractivity contribution in [2.24, 2.45) is 0 Å². The van der Waals surface area contributed by atoms with Gasteiger partial charge in [-0.25, -0.2) is 0 Å². The largest absolute Gasteiger partial charge is 0.497 e. The summed E-state index contributed by atoms with van der Waals surface area (Å²) in [5.41, 5.74) is 1.55. The maximum absolute atomic E-state index is 11.4. The van der Waals surface area contributed by atoms with Crippen molar-refractivity contribution in [2.75, 3.05) is 27.4 Å². The molecule has 32 heavy (non-hydrogen) atoms. The Hall–Kier alpha value is -3.53. The van der Waals surface area contributed by atoms with Gasteiger partial charge in [-0.1, -0.05) is 30.5 Å². The van der Waals surface area contributed by atoms with Crippen LogP contribution in [0, 0.1) is 17.0 Å². The predicted octanol–water partition coefficient (Wildman–Crippen LogP) is 4.27. The van der Waals surface area contributed by atoms with Crippen LogP contribution < -0.4 is 14.2 Å². The van der Waals surface area contributed by atoms with Crippen molar-refractivity contribution in [3.8, 4) is 22.9 Å². The first-order valence-electron chi connectivity index (χ1n) is 9.73. The number of ether oxygens (including phenoxy) is 3. The van der Waals surface area contributed by atoms with Crippen LogP contribution in [0.15, 0.2) is 60.3 Å². The van der Waals surface area contributed by atoms with Gasteiger partial charge in [0.05, 0.1) is 14.2 Å². The van der Waals surface area contributed by atoms with E-state index in [1.54, 1.807) is 31.4 Å². The van der Waals surface area contributed by atoms with Gasteiger partial charge in [0.1, 0.15) is 23.4 Å². The Bertz CT molecular complexity index is 1080. The van der Waals surface area contributed by atoms with Crippen molar-refractivity contribution in [1.82, 2.24) is 14.8 Å². The van der Waals surface area contributed by atoms with Crippen LogP contribution in [0.25, 0.3) is 5.69 Å². The van der Waals surface area contributed by atoms with E-state index in [1.807, 2.05) is 35.8 Å². The first-order valence-corrected chi connectivity index (χ1v) is 10.6. The number of methoxy groups -OCH3 is 2. The molecule has 1 aromatic heterocycles. The third kappa shape index (κ3) is 5.38. The molecule has 0 spiro atoms. The second-order valence-electron chi connectivity index (χ2n) is 6.70. The molecule has 1 atom stereocenters. The van der Waals surface area contributed by atoms with E-state index >= 15 is 0 Å². The Balaban J connectivity index is 1.95. The van der Waals surface area contributed by atoms with Crippen molar-refractivity contribution < 1.29 is 19.1 Å². The first kappa shape index (κ1) is 23.1. The molecule has 0 N–H and O–H groups in total. The molecule has 0 aliphatic heterocycles. The van der Waals surface area contributed by atoms with Crippen LogP contribution in [0.1, 0.15) is 16.6 Å². The Kier molecular flexibility index (Phi) is 7.72. The van der Waals surface area contributed by atoms with Gasteiger partial charge in [-0.2, -0.15) is 0 Å². The molecule has 9 nitrogen and oxygen atoms in total. The number of nitrogens with zero attached hydrogens (tertiary/aromatic N) is 4. The maximum atomic E-state index is 11.4. The molecular weight excluding hydrogens is 432 g/mol. The minimum atomic E-state index is -0.520. The van der Waals surface area contributed by atoms with E-state index in [0.29, 0.717) is 29.1 Å². The second-order valence-corrected chi connectivity index (χ2v) is 7.86. The molecule has 0 aliphatic rings. The monoisotopic (exact) mass is 456 g/mol. The summed E-state index contributed by atoms with van der Waals surface area (Å²) in [5, 5.41) is 19.9. The zero-order chi connectivity index (χ0) is 23.1. The van der Waals surface area contributed by atoms with Crippen LogP contribution in [0.4, 0.5) is 0 Å². The summed E-state index contributed by atoms with van der Waals surface area (Å²) in [6.07, 6.45) is 1.63. The number of hydrogen-bond donors (Lipinski definition) is 0. The van der Waals surface area contributed by atoms with Gasteiger partial charge in [0.25, 0.3) is 0 Å². The summed E-state index contributed by atoms with van der Waals surface area (Å²) in [4.78, 5) is 11.1. The van der Waals surface area contributed by atoms with Crippen LogP contribution >= 0.6 is 11.8 Å². The molecular formula is C22H24N4O5S. The first-order chi connectivity index (χ1) is 15.5. The lowest BCUT2D eigenvalue weighted by Crippen LogP contribution is -2.11. The molecule has 0 aliphatic carbocycles. The standard InChI is InChI=1S/C22H24N4O5S/c1-5-12-31-19-11-6-16(13-20(19)30-4)21(14-25(27)28)32-22-24-23-15(2)26(22)17-7-9-18(29-3)10-8-17/h5-11,13,21H,1,12,14H2,2-4H3/t21-/m1/s1. The van der Waals surface area contributed by atoms with Crippen molar-refractivity contribution in [2.45, 2.75) is 17.3 Å². The van der Waals surface area contributed by atoms with Crippen LogP contribution in [0.3, 0.4) is 0 Å². The lowest BCUT2D eigenvalue weighted by atomic mass is 10.1. The SMILES string of the molecule is C=CCOc1ccc([C@@H](C[N+](=O)[O-])Sc2nnc(C)n2-c2ccc(OC)cc2)cc1OC. The molecule has 0 saturated carbocycles. The zero-order valence-corrected chi connectivity index (χ0v) is 18.9.